The Bertz CT molecular complexity index is 118. The standard InChI is InChI=1S/Na.H3O4P.O3Si.Zr/c;1-5(2,3)4;1-4(2)3;/h;(H3,1,2,3,4);;/q+1;;-2;+4/p-3. The molecule has 7 nitrogen and oxygen atoms in total. The molecule has 0 aliphatic heterocycles. The van der Waals surface area contributed by atoms with E-state index < -0.39 is 17.0 Å². The van der Waals surface area contributed by atoms with Crippen molar-refractivity contribution in [2.24, 2.45) is 0 Å². The Morgan fingerprint density at radius 2 is 1.09 bits per heavy atom. The summed E-state index contributed by atoms with van der Waals surface area (Å²) in [5.74, 6) is 0. The molecule has 0 aromatic heterocycles. The van der Waals surface area contributed by atoms with E-state index in [1.54, 1.807) is 0 Å². The van der Waals surface area contributed by atoms with Crippen LogP contribution in [0.4, 0.5) is 0 Å². The molecule has 0 bridgehead atoms. The molecule has 0 aromatic rings. The van der Waals surface area contributed by atoms with E-state index in [9.17, 15) is 0 Å². The Hall–Kier alpha value is 1.61. The molecular formula is NaO7PSiZr. The van der Waals surface area contributed by atoms with Gasteiger partial charge in [-0.2, -0.15) is 7.82 Å². The molecule has 0 N–H and O–H groups in total. The molecule has 0 aliphatic carbocycles. The summed E-state index contributed by atoms with van der Waals surface area (Å²) in [6, 6.07) is 0. The summed E-state index contributed by atoms with van der Waals surface area (Å²) < 4.78 is 17.1. The van der Waals surface area contributed by atoms with E-state index in [2.05, 4.69) is 0 Å². The maximum absolute atomic E-state index is 8.55. The Morgan fingerprint density at radius 1 is 1.09 bits per heavy atom. The molecule has 0 aliphatic rings. The SMILES string of the molecule is O=P([O-])([O-])[O-].O=[Si]([O-])[O-].[Na+].[Zr+4]. The monoisotopic (exact) mass is 284 g/mol. The topological polar surface area (TPSA) is 149 Å². The van der Waals surface area contributed by atoms with Crippen LogP contribution in [0.1, 0.15) is 0 Å². The first kappa shape index (κ1) is 22.9. The number of hydrogen-bond donors (Lipinski definition) is 0. The molecular weight excluding hydrogens is 285 g/mol. The maximum atomic E-state index is 8.55. The van der Waals surface area contributed by atoms with Crippen LogP contribution in [0.5, 0.6) is 0 Å². The predicted octanol–water partition coefficient (Wildman–Crippen LogP) is -8.70. The fraction of sp³-hybridized carbons (Fsp3) is 0. The third-order valence-corrected chi connectivity index (χ3v) is 0. The van der Waals surface area contributed by atoms with Crippen LogP contribution in [-0.4, -0.2) is 9.17 Å². The predicted molar refractivity (Wildman–Crippen MR) is 14.0 cm³/mol. The van der Waals surface area contributed by atoms with E-state index in [0.717, 1.165) is 0 Å². The van der Waals surface area contributed by atoms with Gasteiger partial charge in [0.25, 0.3) is 0 Å². The van der Waals surface area contributed by atoms with Crippen LogP contribution in [-0.2, 0) is 35.2 Å². The second kappa shape index (κ2) is 11.6. The first-order valence-corrected chi connectivity index (χ1v) is 4.03. The van der Waals surface area contributed by atoms with Crippen molar-refractivity contribution in [3.05, 3.63) is 0 Å². The summed E-state index contributed by atoms with van der Waals surface area (Å²) in [7, 11) is -9.02. The second-order valence-corrected chi connectivity index (χ2v) is 2.09. The van der Waals surface area contributed by atoms with Crippen molar-refractivity contribution in [3.63, 3.8) is 0 Å². The molecule has 0 unspecified atom stereocenters. The quantitative estimate of drug-likeness (QED) is 0.316. The molecule has 11 heavy (non-hydrogen) atoms. The average Bonchev–Trinajstić information content (AvgIpc) is 1.19. The molecule has 11 heteroatoms. The van der Waals surface area contributed by atoms with Crippen molar-refractivity contribution in [2.75, 3.05) is 0 Å². The van der Waals surface area contributed by atoms with Gasteiger partial charge >= 0.3 is 55.8 Å². The first-order valence-electron chi connectivity index (χ1n) is 1.34. The van der Waals surface area contributed by atoms with Crippen LogP contribution in [0.3, 0.4) is 0 Å². The summed E-state index contributed by atoms with van der Waals surface area (Å²) in [5.41, 5.74) is 0. The van der Waals surface area contributed by atoms with Crippen LogP contribution in [0.25, 0.3) is 0 Å². The van der Waals surface area contributed by atoms with Gasteiger partial charge in [-0.1, -0.05) is 0 Å². The summed E-state index contributed by atoms with van der Waals surface area (Å²) in [4.78, 5) is 42.7. The van der Waals surface area contributed by atoms with Crippen molar-refractivity contribution < 1.29 is 89.1 Å². The van der Waals surface area contributed by atoms with Gasteiger partial charge in [-0.15, -0.1) is 0 Å². The van der Waals surface area contributed by atoms with Crippen molar-refractivity contribution in [2.45, 2.75) is 0 Å². The van der Waals surface area contributed by atoms with Crippen molar-refractivity contribution in [1.82, 2.24) is 0 Å². The van der Waals surface area contributed by atoms with E-state index in [1.165, 1.54) is 0 Å². The fourth-order valence-corrected chi connectivity index (χ4v) is 0. The molecule has 0 spiro atoms. The van der Waals surface area contributed by atoms with Gasteiger partial charge in [-0.25, -0.2) is 0 Å². The molecule has 0 amide bonds. The average molecular weight is 285 g/mol. The van der Waals surface area contributed by atoms with Crippen LogP contribution in [0.2, 0.25) is 0 Å². The van der Waals surface area contributed by atoms with Gasteiger partial charge < -0.3 is 33.3 Å². The molecule has 56 valence electrons. The minimum atomic E-state index is -5.39. The van der Waals surface area contributed by atoms with Crippen LogP contribution in [0.15, 0.2) is 0 Å². The Morgan fingerprint density at radius 3 is 1.09 bits per heavy atom. The maximum Gasteiger partial charge on any atom is 4.00 e. The molecule has 0 radical (unpaired) electrons. The molecule has 0 atom stereocenters. The third kappa shape index (κ3) is 414. The Labute approximate surface area is 105 Å². The summed E-state index contributed by atoms with van der Waals surface area (Å²) >= 11 is 0. The van der Waals surface area contributed by atoms with Crippen LogP contribution < -0.4 is 53.8 Å². The molecule has 0 rings (SSSR count). The zero-order valence-corrected chi connectivity index (χ0v) is 11.7. The summed E-state index contributed by atoms with van der Waals surface area (Å²) in [5, 5.41) is 0. The summed E-state index contributed by atoms with van der Waals surface area (Å²) in [6.07, 6.45) is 0. The summed E-state index contributed by atoms with van der Waals surface area (Å²) in [6.45, 7) is 0. The fourth-order valence-electron chi connectivity index (χ4n) is 0. The largest absolute Gasteiger partial charge is 4.00 e. The number of phosphoric acid groups is 1. The molecule has 0 fully saturated rings. The first-order chi connectivity index (χ1) is 3.73. The zero-order valence-electron chi connectivity index (χ0n) is 5.30. The number of rotatable bonds is 0. The van der Waals surface area contributed by atoms with E-state index in [-0.39, 0.29) is 55.8 Å². The van der Waals surface area contributed by atoms with E-state index in [0.29, 0.717) is 0 Å². The second-order valence-electron chi connectivity index (χ2n) is 0.697. The minimum Gasteiger partial charge on any atom is -0.822 e. The van der Waals surface area contributed by atoms with Gasteiger partial charge in [0.15, 0.2) is 0 Å². The van der Waals surface area contributed by atoms with Gasteiger partial charge in [0, 0.05) is 9.17 Å². The molecule has 0 saturated heterocycles. The van der Waals surface area contributed by atoms with Gasteiger partial charge in [-0.3, -0.25) is 0 Å². The number of hydrogen-bond acceptors (Lipinski definition) is 7. The van der Waals surface area contributed by atoms with Crippen molar-refractivity contribution in [3.8, 4) is 0 Å². The molecule has 0 heterocycles. The van der Waals surface area contributed by atoms with Crippen LogP contribution >= 0.6 is 7.82 Å². The van der Waals surface area contributed by atoms with E-state index >= 15 is 0 Å². The van der Waals surface area contributed by atoms with Gasteiger partial charge in [-0.05, 0) is 0 Å². The smallest absolute Gasteiger partial charge is 0.822 e. The van der Waals surface area contributed by atoms with Crippen molar-refractivity contribution >= 4 is 17.0 Å². The molecule has 0 aromatic carbocycles. The van der Waals surface area contributed by atoms with Gasteiger partial charge in [0.1, 0.15) is 0 Å². The zero-order chi connectivity index (χ0) is 8.08. The van der Waals surface area contributed by atoms with E-state index in [1.807, 2.05) is 0 Å². The molecule has 0 saturated carbocycles. The van der Waals surface area contributed by atoms with E-state index in [4.69, 9.17) is 33.3 Å². The van der Waals surface area contributed by atoms with Gasteiger partial charge in [0.2, 0.25) is 0 Å². The minimum absolute atomic E-state index is 0. The van der Waals surface area contributed by atoms with Crippen molar-refractivity contribution in [1.29, 1.82) is 0 Å². The van der Waals surface area contributed by atoms with Gasteiger partial charge in [0.05, 0.1) is 0 Å². The Kier molecular flexibility index (Phi) is 24.2. The van der Waals surface area contributed by atoms with Crippen LogP contribution in [0, 0.1) is 0 Å². The Balaban J connectivity index is -0.0000000383. The third-order valence-electron chi connectivity index (χ3n) is 0. The normalized spacial score (nSPS) is 7.55.